The van der Waals surface area contributed by atoms with Crippen molar-refractivity contribution in [3.05, 3.63) is 59.7 Å². The highest BCUT2D eigenvalue weighted by molar-refractivity contribution is 5.85. The average Bonchev–Trinajstić information content (AvgIpc) is 2.68. The Kier molecular flexibility index (Phi) is 7.87. The monoisotopic (exact) mass is 384 g/mol. The summed E-state index contributed by atoms with van der Waals surface area (Å²) in [5.41, 5.74) is 6.83. The SMILES string of the molecule is CCC(Oc1cccc(C)c1)C(=O)NNC(=O)COc1ccccc1C(C)C. The lowest BCUT2D eigenvalue weighted by Crippen LogP contribution is -2.49. The normalized spacial score (nSPS) is 11.6. The molecule has 2 rings (SSSR count). The molecule has 0 aromatic heterocycles. The van der Waals surface area contributed by atoms with Crippen molar-refractivity contribution < 1.29 is 19.1 Å². The maximum absolute atomic E-state index is 12.3. The molecule has 0 aliphatic rings. The topological polar surface area (TPSA) is 76.7 Å². The lowest BCUT2D eigenvalue weighted by molar-refractivity contribution is -0.134. The Labute approximate surface area is 166 Å². The third-order valence-corrected chi connectivity index (χ3v) is 4.16. The molecule has 6 nitrogen and oxygen atoms in total. The number of para-hydroxylation sites is 1. The summed E-state index contributed by atoms with van der Waals surface area (Å²) in [6.07, 6.45) is -0.238. The van der Waals surface area contributed by atoms with Gasteiger partial charge in [-0.3, -0.25) is 20.4 Å². The van der Waals surface area contributed by atoms with Gasteiger partial charge in [-0.15, -0.1) is 0 Å². The fourth-order valence-electron chi connectivity index (χ4n) is 2.66. The van der Waals surface area contributed by atoms with Gasteiger partial charge in [0.15, 0.2) is 12.7 Å². The van der Waals surface area contributed by atoms with Crippen LogP contribution in [-0.4, -0.2) is 24.5 Å². The zero-order chi connectivity index (χ0) is 20.5. The van der Waals surface area contributed by atoms with E-state index in [1.54, 1.807) is 6.07 Å². The lowest BCUT2D eigenvalue weighted by Gasteiger charge is -2.18. The van der Waals surface area contributed by atoms with Gasteiger partial charge in [0.25, 0.3) is 11.8 Å². The van der Waals surface area contributed by atoms with Crippen LogP contribution in [0.1, 0.15) is 44.2 Å². The van der Waals surface area contributed by atoms with Crippen molar-refractivity contribution in [3.8, 4) is 11.5 Å². The number of hydrogen-bond acceptors (Lipinski definition) is 4. The van der Waals surface area contributed by atoms with Crippen LogP contribution in [-0.2, 0) is 9.59 Å². The Hall–Kier alpha value is -3.02. The Bertz CT molecular complexity index is 805. The van der Waals surface area contributed by atoms with E-state index in [-0.39, 0.29) is 12.5 Å². The molecule has 2 aromatic carbocycles. The van der Waals surface area contributed by atoms with Crippen molar-refractivity contribution >= 4 is 11.8 Å². The van der Waals surface area contributed by atoms with Crippen LogP contribution in [0.5, 0.6) is 11.5 Å². The maximum atomic E-state index is 12.3. The van der Waals surface area contributed by atoms with Crippen LogP contribution in [0.25, 0.3) is 0 Å². The standard InChI is InChI=1S/C22H28N2O4/c1-5-19(28-17-10-8-9-16(4)13-17)22(26)24-23-21(25)14-27-20-12-7-6-11-18(20)15(2)3/h6-13,15,19H,5,14H2,1-4H3,(H,23,25)(H,24,26). The molecule has 28 heavy (non-hydrogen) atoms. The van der Waals surface area contributed by atoms with Crippen molar-refractivity contribution in [2.75, 3.05) is 6.61 Å². The Balaban J connectivity index is 1.83. The predicted octanol–water partition coefficient (Wildman–Crippen LogP) is 3.50. The average molecular weight is 384 g/mol. The van der Waals surface area contributed by atoms with E-state index in [2.05, 4.69) is 24.7 Å². The second-order valence-electron chi connectivity index (χ2n) is 6.85. The summed E-state index contributed by atoms with van der Waals surface area (Å²) in [6, 6.07) is 15.0. The fourth-order valence-corrected chi connectivity index (χ4v) is 2.66. The van der Waals surface area contributed by atoms with Gasteiger partial charge in [-0.25, -0.2) is 0 Å². The summed E-state index contributed by atoms with van der Waals surface area (Å²) < 4.78 is 11.3. The number of rotatable bonds is 8. The predicted molar refractivity (Wildman–Crippen MR) is 108 cm³/mol. The van der Waals surface area contributed by atoms with Gasteiger partial charge in [0.2, 0.25) is 0 Å². The summed E-state index contributed by atoms with van der Waals surface area (Å²) in [6.45, 7) is 7.71. The van der Waals surface area contributed by atoms with E-state index in [0.29, 0.717) is 17.9 Å². The van der Waals surface area contributed by atoms with Crippen molar-refractivity contribution in [2.45, 2.75) is 46.1 Å². The number of carbonyl (C=O) groups excluding carboxylic acids is 2. The Morgan fingerprint density at radius 3 is 2.46 bits per heavy atom. The van der Waals surface area contributed by atoms with Crippen LogP contribution in [0, 0.1) is 6.92 Å². The van der Waals surface area contributed by atoms with E-state index in [1.807, 2.05) is 56.3 Å². The molecule has 2 aromatic rings. The van der Waals surface area contributed by atoms with Crippen LogP contribution in [0.15, 0.2) is 48.5 Å². The fraction of sp³-hybridized carbons (Fsp3) is 0.364. The first-order valence-corrected chi connectivity index (χ1v) is 9.44. The highest BCUT2D eigenvalue weighted by Gasteiger charge is 2.19. The first-order chi connectivity index (χ1) is 13.4. The lowest BCUT2D eigenvalue weighted by atomic mass is 10.0. The first-order valence-electron chi connectivity index (χ1n) is 9.44. The minimum atomic E-state index is -0.704. The minimum absolute atomic E-state index is 0.195. The van der Waals surface area contributed by atoms with Gasteiger partial charge in [-0.05, 0) is 48.6 Å². The Morgan fingerprint density at radius 2 is 1.79 bits per heavy atom. The van der Waals surface area contributed by atoms with Gasteiger partial charge >= 0.3 is 0 Å². The van der Waals surface area contributed by atoms with E-state index in [9.17, 15) is 9.59 Å². The summed E-state index contributed by atoms with van der Waals surface area (Å²) in [4.78, 5) is 24.3. The molecule has 1 atom stereocenters. The molecule has 6 heteroatoms. The second-order valence-corrected chi connectivity index (χ2v) is 6.85. The number of aryl methyl sites for hydroxylation is 1. The van der Waals surface area contributed by atoms with Crippen LogP contribution < -0.4 is 20.3 Å². The largest absolute Gasteiger partial charge is 0.483 e. The third kappa shape index (κ3) is 6.30. The van der Waals surface area contributed by atoms with Crippen LogP contribution in [0.4, 0.5) is 0 Å². The zero-order valence-electron chi connectivity index (χ0n) is 16.8. The van der Waals surface area contributed by atoms with E-state index >= 15 is 0 Å². The molecule has 0 saturated carbocycles. The molecular formula is C22H28N2O4. The van der Waals surface area contributed by atoms with Gasteiger partial charge in [-0.1, -0.05) is 51.1 Å². The molecule has 1 unspecified atom stereocenters. The molecular weight excluding hydrogens is 356 g/mol. The quantitative estimate of drug-likeness (QED) is 0.683. The maximum Gasteiger partial charge on any atom is 0.279 e. The van der Waals surface area contributed by atoms with E-state index in [0.717, 1.165) is 11.1 Å². The van der Waals surface area contributed by atoms with Crippen LogP contribution >= 0.6 is 0 Å². The molecule has 0 aliphatic carbocycles. The van der Waals surface area contributed by atoms with E-state index in [4.69, 9.17) is 9.47 Å². The number of carbonyl (C=O) groups is 2. The van der Waals surface area contributed by atoms with Crippen molar-refractivity contribution in [1.29, 1.82) is 0 Å². The van der Waals surface area contributed by atoms with Gasteiger partial charge in [0.05, 0.1) is 0 Å². The third-order valence-electron chi connectivity index (χ3n) is 4.16. The number of hydrogen-bond donors (Lipinski definition) is 2. The molecule has 0 saturated heterocycles. The molecule has 2 N–H and O–H groups in total. The van der Waals surface area contributed by atoms with Gasteiger partial charge in [0, 0.05) is 0 Å². The van der Waals surface area contributed by atoms with Crippen molar-refractivity contribution in [2.24, 2.45) is 0 Å². The number of benzene rings is 2. The van der Waals surface area contributed by atoms with Crippen LogP contribution in [0.3, 0.4) is 0 Å². The van der Waals surface area contributed by atoms with E-state index < -0.39 is 17.9 Å². The first kappa shape index (κ1) is 21.3. The van der Waals surface area contributed by atoms with E-state index in [1.165, 1.54) is 0 Å². The highest BCUT2D eigenvalue weighted by Crippen LogP contribution is 2.25. The zero-order valence-corrected chi connectivity index (χ0v) is 16.8. The molecule has 0 radical (unpaired) electrons. The number of nitrogens with one attached hydrogen (secondary N) is 2. The van der Waals surface area contributed by atoms with Gasteiger partial charge < -0.3 is 9.47 Å². The molecule has 0 heterocycles. The van der Waals surface area contributed by atoms with Crippen molar-refractivity contribution in [3.63, 3.8) is 0 Å². The molecule has 150 valence electrons. The summed E-state index contributed by atoms with van der Waals surface area (Å²) in [5, 5.41) is 0. The number of ether oxygens (including phenoxy) is 2. The summed E-state index contributed by atoms with van der Waals surface area (Å²) >= 11 is 0. The second kappa shape index (κ2) is 10.3. The number of amides is 2. The molecule has 0 fully saturated rings. The number of hydrazine groups is 1. The van der Waals surface area contributed by atoms with Crippen molar-refractivity contribution in [1.82, 2.24) is 10.9 Å². The smallest absolute Gasteiger partial charge is 0.279 e. The molecule has 0 aliphatic heterocycles. The van der Waals surface area contributed by atoms with Gasteiger partial charge in [0.1, 0.15) is 11.5 Å². The van der Waals surface area contributed by atoms with Gasteiger partial charge in [-0.2, -0.15) is 0 Å². The molecule has 2 amide bonds. The summed E-state index contributed by atoms with van der Waals surface area (Å²) in [5.74, 6) is 0.690. The minimum Gasteiger partial charge on any atom is -0.483 e. The highest BCUT2D eigenvalue weighted by atomic mass is 16.5. The summed E-state index contributed by atoms with van der Waals surface area (Å²) in [7, 11) is 0. The molecule has 0 bridgehead atoms. The molecule has 0 spiro atoms. The Morgan fingerprint density at radius 1 is 1.04 bits per heavy atom. The van der Waals surface area contributed by atoms with Crippen LogP contribution in [0.2, 0.25) is 0 Å².